The van der Waals surface area contributed by atoms with Crippen molar-refractivity contribution < 1.29 is 9.53 Å². The maximum Gasteiger partial charge on any atom is 0.252 e. The number of methoxy groups -OCH3 is 1. The quantitative estimate of drug-likeness (QED) is 0.789. The van der Waals surface area contributed by atoms with Crippen LogP contribution in [0.1, 0.15) is 15.9 Å². The van der Waals surface area contributed by atoms with E-state index in [0.717, 1.165) is 5.56 Å². The smallest absolute Gasteiger partial charge is 0.252 e. The van der Waals surface area contributed by atoms with Crippen LogP contribution in [0, 0.1) is 6.92 Å². The number of carbonyl (C=O) groups is 1. The maximum absolute atomic E-state index is 11.0. The van der Waals surface area contributed by atoms with Crippen molar-refractivity contribution >= 4 is 17.5 Å². The summed E-state index contributed by atoms with van der Waals surface area (Å²) in [5, 5.41) is 0.479. The van der Waals surface area contributed by atoms with Gasteiger partial charge >= 0.3 is 0 Å². The molecule has 0 aliphatic rings. The average Bonchev–Trinajstić information content (AvgIpc) is 2.02. The Morgan fingerprint density at radius 1 is 1.54 bits per heavy atom. The molecule has 1 aromatic rings. The van der Waals surface area contributed by atoms with Crippen molar-refractivity contribution in [1.82, 2.24) is 0 Å². The maximum atomic E-state index is 11.0. The molecule has 1 rings (SSSR count). The van der Waals surface area contributed by atoms with Gasteiger partial charge in [-0.25, -0.2) is 0 Å². The summed E-state index contributed by atoms with van der Waals surface area (Å²) in [4.78, 5) is 11.0. The summed E-state index contributed by atoms with van der Waals surface area (Å²) in [6, 6.07) is 3.21. The zero-order valence-electron chi connectivity index (χ0n) is 7.43. The number of amides is 1. The summed E-state index contributed by atoms with van der Waals surface area (Å²) in [6.07, 6.45) is 0. The van der Waals surface area contributed by atoms with Crippen molar-refractivity contribution in [1.29, 1.82) is 0 Å². The Balaban J connectivity index is 3.38. The molecule has 1 amide bonds. The van der Waals surface area contributed by atoms with E-state index < -0.39 is 5.91 Å². The summed E-state index contributed by atoms with van der Waals surface area (Å²) in [6.45, 7) is 1.80. The van der Waals surface area contributed by atoms with Gasteiger partial charge in [-0.2, -0.15) is 0 Å². The minimum atomic E-state index is -0.539. The van der Waals surface area contributed by atoms with Gasteiger partial charge in [0.1, 0.15) is 5.75 Å². The number of hydrogen-bond donors (Lipinski definition) is 1. The highest BCUT2D eigenvalue weighted by molar-refractivity contribution is 6.31. The van der Waals surface area contributed by atoms with E-state index in [2.05, 4.69) is 0 Å². The lowest BCUT2D eigenvalue weighted by molar-refractivity contribution is 0.0997. The van der Waals surface area contributed by atoms with Gasteiger partial charge in [0.05, 0.1) is 12.7 Å². The molecule has 0 atom stereocenters. The molecule has 0 bridgehead atoms. The molecule has 3 nitrogen and oxygen atoms in total. The molecule has 0 saturated carbocycles. The van der Waals surface area contributed by atoms with Crippen LogP contribution in [0.4, 0.5) is 0 Å². The fourth-order valence-electron chi connectivity index (χ4n) is 1.18. The molecule has 0 aliphatic carbocycles. The molecular weight excluding hydrogens is 190 g/mol. The van der Waals surface area contributed by atoms with Crippen molar-refractivity contribution in [2.24, 2.45) is 5.73 Å². The van der Waals surface area contributed by atoms with E-state index in [1.165, 1.54) is 13.2 Å². The topological polar surface area (TPSA) is 52.3 Å². The highest BCUT2D eigenvalue weighted by atomic mass is 35.5. The first kappa shape index (κ1) is 9.86. The van der Waals surface area contributed by atoms with Gasteiger partial charge in [0.2, 0.25) is 0 Å². The van der Waals surface area contributed by atoms with E-state index in [1.807, 2.05) is 0 Å². The molecule has 0 radical (unpaired) electrons. The number of halogens is 1. The van der Waals surface area contributed by atoms with Gasteiger partial charge in [-0.3, -0.25) is 4.79 Å². The zero-order chi connectivity index (χ0) is 10.0. The van der Waals surface area contributed by atoms with Crippen LogP contribution in [0.25, 0.3) is 0 Å². The molecule has 1 aromatic carbocycles. The van der Waals surface area contributed by atoms with Crippen LogP contribution in [-0.4, -0.2) is 13.0 Å². The van der Waals surface area contributed by atoms with Crippen molar-refractivity contribution in [2.75, 3.05) is 7.11 Å². The molecule has 0 heterocycles. The fraction of sp³-hybridized carbons (Fsp3) is 0.222. The largest absolute Gasteiger partial charge is 0.496 e. The van der Waals surface area contributed by atoms with Gasteiger partial charge in [0.25, 0.3) is 5.91 Å². The lowest BCUT2D eigenvalue weighted by atomic mass is 10.1. The molecule has 0 unspecified atom stereocenters. The molecule has 0 aromatic heterocycles. The second-order valence-corrected chi connectivity index (χ2v) is 3.10. The lowest BCUT2D eigenvalue weighted by Gasteiger charge is -2.08. The van der Waals surface area contributed by atoms with Crippen molar-refractivity contribution in [3.8, 4) is 5.75 Å². The van der Waals surface area contributed by atoms with Crippen molar-refractivity contribution in [2.45, 2.75) is 6.92 Å². The first-order chi connectivity index (χ1) is 6.06. The van der Waals surface area contributed by atoms with Crippen LogP contribution in [0.15, 0.2) is 12.1 Å². The summed E-state index contributed by atoms with van der Waals surface area (Å²) in [5.74, 6) is -0.0562. The summed E-state index contributed by atoms with van der Waals surface area (Å²) < 4.78 is 5.03. The normalized spacial score (nSPS) is 9.77. The Bertz CT molecular complexity index is 350. The van der Waals surface area contributed by atoms with Gasteiger partial charge in [0.15, 0.2) is 0 Å². The number of hydrogen-bond acceptors (Lipinski definition) is 2. The number of benzene rings is 1. The van der Waals surface area contributed by atoms with Gasteiger partial charge in [-0.05, 0) is 24.6 Å². The molecule has 70 valence electrons. The van der Waals surface area contributed by atoms with E-state index in [-0.39, 0.29) is 0 Å². The molecule has 0 aliphatic heterocycles. The third-order valence-corrected chi connectivity index (χ3v) is 1.93. The monoisotopic (exact) mass is 199 g/mol. The van der Waals surface area contributed by atoms with Gasteiger partial charge < -0.3 is 10.5 Å². The van der Waals surface area contributed by atoms with Crippen LogP contribution < -0.4 is 10.5 Å². The SMILES string of the molecule is COc1c(C)cc(Cl)cc1C(N)=O. The number of carbonyl (C=O) groups excluding carboxylic acids is 1. The standard InChI is InChI=1S/C9H10ClNO2/c1-5-3-6(10)4-7(9(11)12)8(5)13-2/h3-4H,1-2H3,(H2,11,12). The molecule has 4 heteroatoms. The number of aryl methyl sites for hydroxylation is 1. The summed E-state index contributed by atoms with van der Waals surface area (Å²) in [5.41, 5.74) is 6.26. The lowest BCUT2D eigenvalue weighted by Crippen LogP contribution is -2.13. The fourth-order valence-corrected chi connectivity index (χ4v) is 1.46. The molecule has 0 spiro atoms. The molecule has 0 fully saturated rings. The van der Waals surface area contributed by atoms with Crippen LogP contribution in [-0.2, 0) is 0 Å². The molecule has 0 saturated heterocycles. The summed E-state index contributed by atoms with van der Waals surface area (Å²) >= 11 is 5.76. The summed E-state index contributed by atoms with van der Waals surface area (Å²) in [7, 11) is 1.49. The predicted molar refractivity (Wildman–Crippen MR) is 51.3 cm³/mol. The highest BCUT2D eigenvalue weighted by Gasteiger charge is 2.12. The van der Waals surface area contributed by atoms with Crippen LogP contribution in [0.2, 0.25) is 5.02 Å². The average molecular weight is 200 g/mol. The van der Waals surface area contributed by atoms with Crippen LogP contribution in [0.5, 0.6) is 5.75 Å². The van der Waals surface area contributed by atoms with Crippen LogP contribution >= 0.6 is 11.6 Å². The minimum absolute atomic E-state index is 0.313. The van der Waals surface area contributed by atoms with Gasteiger partial charge in [0, 0.05) is 5.02 Å². The van der Waals surface area contributed by atoms with E-state index in [0.29, 0.717) is 16.3 Å². The Morgan fingerprint density at radius 3 is 2.62 bits per heavy atom. The van der Waals surface area contributed by atoms with Gasteiger partial charge in [-0.1, -0.05) is 11.6 Å². The third-order valence-electron chi connectivity index (χ3n) is 1.71. The second-order valence-electron chi connectivity index (χ2n) is 2.67. The number of nitrogens with two attached hydrogens (primary N) is 1. The molecule has 2 N–H and O–H groups in total. The van der Waals surface area contributed by atoms with E-state index in [9.17, 15) is 4.79 Å². The molecule has 13 heavy (non-hydrogen) atoms. The zero-order valence-corrected chi connectivity index (χ0v) is 8.18. The number of rotatable bonds is 2. The Morgan fingerprint density at radius 2 is 2.15 bits per heavy atom. The van der Waals surface area contributed by atoms with Crippen LogP contribution in [0.3, 0.4) is 0 Å². The first-order valence-corrected chi connectivity index (χ1v) is 4.08. The highest BCUT2D eigenvalue weighted by Crippen LogP contribution is 2.26. The first-order valence-electron chi connectivity index (χ1n) is 3.70. The van der Waals surface area contributed by atoms with Crippen molar-refractivity contribution in [3.05, 3.63) is 28.3 Å². The van der Waals surface area contributed by atoms with E-state index >= 15 is 0 Å². The Labute approximate surface area is 81.4 Å². The van der Waals surface area contributed by atoms with Crippen molar-refractivity contribution in [3.63, 3.8) is 0 Å². The van der Waals surface area contributed by atoms with E-state index in [4.69, 9.17) is 22.1 Å². The number of primary amides is 1. The Kier molecular flexibility index (Phi) is 2.78. The minimum Gasteiger partial charge on any atom is -0.496 e. The van der Waals surface area contributed by atoms with Gasteiger partial charge in [-0.15, -0.1) is 0 Å². The third kappa shape index (κ3) is 1.92. The number of ether oxygens (including phenoxy) is 1. The molecular formula is C9H10ClNO2. The van der Waals surface area contributed by atoms with E-state index in [1.54, 1.807) is 13.0 Å². The second kappa shape index (κ2) is 3.66. The Hall–Kier alpha value is -1.22. The predicted octanol–water partition coefficient (Wildman–Crippen LogP) is 1.76.